The fourth-order valence-electron chi connectivity index (χ4n) is 6.86. The van der Waals surface area contributed by atoms with Crippen LogP contribution in [0.1, 0.15) is 50.8 Å². The first-order valence-electron chi connectivity index (χ1n) is 12.1. The number of hydrogen-bond acceptors (Lipinski definition) is 0. The summed E-state index contributed by atoms with van der Waals surface area (Å²) in [6.07, 6.45) is 0. The number of nitrogens with zero attached hydrogens (tertiary/aromatic N) is 1. The highest BCUT2D eigenvalue weighted by Crippen LogP contribution is 2.58. The van der Waals surface area contributed by atoms with Gasteiger partial charge in [-0.15, -0.1) is 0 Å². The highest BCUT2D eigenvalue weighted by Gasteiger charge is 2.43. The third kappa shape index (κ3) is 2.15. The van der Waals surface area contributed by atoms with Crippen LogP contribution in [0.3, 0.4) is 0 Å². The van der Waals surface area contributed by atoms with Gasteiger partial charge in [-0.05, 0) is 64.1 Å². The number of hydrogen-bond donors (Lipinski definition) is 0. The molecule has 2 unspecified atom stereocenters. The second-order valence-electron chi connectivity index (χ2n) is 9.72. The van der Waals surface area contributed by atoms with Gasteiger partial charge in [0.15, 0.2) is 0 Å². The molecule has 2 atom stereocenters. The summed E-state index contributed by atoms with van der Waals surface area (Å²) in [4.78, 5) is 0. The molecule has 0 fully saturated rings. The van der Waals surface area contributed by atoms with Crippen LogP contribution in [0.5, 0.6) is 0 Å². The van der Waals surface area contributed by atoms with Gasteiger partial charge in [0.05, 0.1) is 16.7 Å². The summed E-state index contributed by atoms with van der Waals surface area (Å²) >= 11 is 0. The van der Waals surface area contributed by atoms with E-state index < -0.39 is 0 Å². The normalized spacial score (nSPS) is 17.6. The van der Waals surface area contributed by atoms with E-state index in [0.29, 0.717) is 5.92 Å². The monoisotopic (exact) mass is 433 g/mol. The SMILES string of the molecule is Cc1cccc2c1C1c3ccccc3C2c2c1cccc2-n1c2ccccc2c2ccccc21. The highest BCUT2D eigenvalue weighted by atomic mass is 15.0. The molecule has 0 aliphatic heterocycles. The zero-order valence-corrected chi connectivity index (χ0v) is 19.0. The topological polar surface area (TPSA) is 4.93 Å². The Labute approximate surface area is 198 Å². The second kappa shape index (κ2) is 6.48. The van der Waals surface area contributed by atoms with Crippen molar-refractivity contribution >= 4 is 21.8 Å². The molecule has 0 saturated carbocycles. The highest BCUT2D eigenvalue weighted by molar-refractivity contribution is 6.09. The Bertz CT molecular complexity index is 1730. The molecule has 3 aliphatic rings. The van der Waals surface area contributed by atoms with Gasteiger partial charge < -0.3 is 4.57 Å². The van der Waals surface area contributed by atoms with Gasteiger partial charge in [0.2, 0.25) is 0 Å². The Morgan fingerprint density at radius 2 is 0.971 bits per heavy atom. The molecule has 0 N–H and O–H groups in total. The van der Waals surface area contributed by atoms with Crippen LogP contribution in [0.15, 0.2) is 109 Å². The average Bonchev–Trinajstić information content (AvgIpc) is 3.22. The van der Waals surface area contributed by atoms with E-state index in [9.17, 15) is 0 Å². The standard InChI is InChI=1S/C33H23N/c1-20-10-8-15-25-30(20)31-23-13-2-3-14-24(23)32(25)33-26(31)16-9-19-29(33)34-27-17-6-4-11-21(27)22-12-5-7-18-28(22)34/h2-19,31-32H,1H3. The smallest absolute Gasteiger partial charge is 0.0541 e. The second-order valence-corrected chi connectivity index (χ2v) is 9.72. The Morgan fingerprint density at radius 3 is 1.65 bits per heavy atom. The summed E-state index contributed by atoms with van der Waals surface area (Å²) in [7, 11) is 0. The van der Waals surface area contributed by atoms with Crippen LogP contribution in [0.25, 0.3) is 27.5 Å². The molecular formula is C33H23N. The fourth-order valence-corrected chi connectivity index (χ4v) is 6.86. The van der Waals surface area contributed by atoms with Crippen LogP contribution in [-0.2, 0) is 0 Å². The van der Waals surface area contributed by atoms with Crippen molar-refractivity contribution in [2.75, 3.05) is 0 Å². The van der Waals surface area contributed by atoms with Crippen LogP contribution in [-0.4, -0.2) is 4.57 Å². The predicted octanol–water partition coefficient (Wildman–Crippen LogP) is 8.08. The first-order chi connectivity index (χ1) is 16.8. The molecular weight excluding hydrogens is 410 g/mol. The molecule has 5 aromatic carbocycles. The molecule has 3 aliphatic carbocycles. The molecule has 1 heteroatoms. The van der Waals surface area contributed by atoms with Crippen LogP contribution < -0.4 is 0 Å². The van der Waals surface area contributed by atoms with Crippen molar-refractivity contribution in [3.8, 4) is 5.69 Å². The minimum atomic E-state index is 0.252. The van der Waals surface area contributed by atoms with E-state index in [0.717, 1.165) is 0 Å². The molecule has 9 rings (SSSR count). The van der Waals surface area contributed by atoms with Gasteiger partial charge in [-0.25, -0.2) is 0 Å². The van der Waals surface area contributed by atoms with Gasteiger partial charge >= 0.3 is 0 Å². The summed E-state index contributed by atoms with van der Waals surface area (Å²) < 4.78 is 2.50. The Hall–Kier alpha value is -4.10. The minimum Gasteiger partial charge on any atom is -0.309 e. The van der Waals surface area contributed by atoms with Crippen LogP contribution in [0.4, 0.5) is 0 Å². The molecule has 6 aromatic rings. The molecule has 1 aromatic heterocycles. The molecule has 160 valence electrons. The van der Waals surface area contributed by atoms with Gasteiger partial charge in [0, 0.05) is 22.6 Å². The van der Waals surface area contributed by atoms with Crippen molar-refractivity contribution in [2.24, 2.45) is 0 Å². The first kappa shape index (κ1) is 18.3. The lowest BCUT2D eigenvalue weighted by molar-refractivity contribution is 0.743. The van der Waals surface area contributed by atoms with E-state index in [1.807, 2.05) is 0 Å². The van der Waals surface area contributed by atoms with E-state index in [1.54, 1.807) is 0 Å². The van der Waals surface area contributed by atoms with E-state index in [-0.39, 0.29) is 5.92 Å². The number of rotatable bonds is 1. The summed E-state index contributed by atoms with van der Waals surface area (Å²) in [6.45, 7) is 2.28. The van der Waals surface area contributed by atoms with Crippen LogP contribution >= 0.6 is 0 Å². The maximum Gasteiger partial charge on any atom is 0.0541 e. The molecule has 1 heterocycles. The summed E-state index contributed by atoms with van der Waals surface area (Å²) in [6, 6.07) is 40.6. The third-order valence-electron chi connectivity index (χ3n) is 8.11. The maximum atomic E-state index is 2.50. The predicted molar refractivity (Wildman–Crippen MR) is 140 cm³/mol. The van der Waals surface area contributed by atoms with E-state index in [2.05, 4.69) is 121 Å². The zero-order valence-electron chi connectivity index (χ0n) is 19.0. The molecule has 0 radical (unpaired) electrons. The minimum absolute atomic E-state index is 0.252. The number of para-hydroxylation sites is 2. The van der Waals surface area contributed by atoms with Gasteiger partial charge in [-0.2, -0.15) is 0 Å². The van der Waals surface area contributed by atoms with E-state index >= 15 is 0 Å². The lowest BCUT2D eigenvalue weighted by atomic mass is 9.60. The fraction of sp³-hybridized carbons (Fsp3) is 0.0909. The number of aryl methyl sites for hydroxylation is 1. The largest absolute Gasteiger partial charge is 0.309 e. The van der Waals surface area contributed by atoms with Gasteiger partial charge in [0.25, 0.3) is 0 Å². The Morgan fingerprint density at radius 1 is 0.471 bits per heavy atom. The zero-order chi connectivity index (χ0) is 22.4. The van der Waals surface area contributed by atoms with Crippen molar-refractivity contribution in [3.05, 3.63) is 148 Å². The van der Waals surface area contributed by atoms with Crippen LogP contribution in [0, 0.1) is 6.92 Å². The third-order valence-corrected chi connectivity index (χ3v) is 8.11. The molecule has 2 bridgehead atoms. The maximum absolute atomic E-state index is 2.50. The van der Waals surface area contributed by atoms with Crippen molar-refractivity contribution in [3.63, 3.8) is 0 Å². The molecule has 0 spiro atoms. The molecule has 1 nitrogen and oxygen atoms in total. The quantitative estimate of drug-likeness (QED) is 0.247. The summed E-state index contributed by atoms with van der Waals surface area (Å²) in [5.74, 6) is 0.544. The lowest BCUT2D eigenvalue weighted by Crippen LogP contribution is -2.29. The van der Waals surface area contributed by atoms with Gasteiger partial charge in [0.1, 0.15) is 0 Å². The molecule has 0 amide bonds. The lowest BCUT2D eigenvalue weighted by Gasteiger charge is -2.44. The summed E-state index contributed by atoms with van der Waals surface area (Å²) in [5, 5.41) is 2.63. The number of fused-ring (bicyclic) bond motifs is 3. The van der Waals surface area contributed by atoms with Gasteiger partial charge in [-0.1, -0.05) is 91.0 Å². The van der Waals surface area contributed by atoms with Crippen LogP contribution in [0.2, 0.25) is 0 Å². The van der Waals surface area contributed by atoms with Gasteiger partial charge in [-0.3, -0.25) is 0 Å². The van der Waals surface area contributed by atoms with E-state index in [4.69, 9.17) is 0 Å². The Kier molecular flexibility index (Phi) is 3.50. The van der Waals surface area contributed by atoms with Crippen molar-refractivity contribution in [1.82, 2.24) is 4.57 Å². The van der Waals surface area contributed by atoms with E-state index in [1.165, 1.54) is 66.4 Å². The van der Waals surface area contributed by atoms with Crippen molar-refractivity contribution in [1.29, 1.82) is 0 Å². The number of aromatic nitrogens is 1. The summed E-state index contributed by atoms with van der Waals surface area (Å²) in [5.41, 5.74) is 14.1. The van der Waals surface area contributed by atoms with Crippen molar-refractivity contribution < 1.29 is 0 Å². The average molecular weight is 434 g/mol. The van der Waals surface area contributed by atoms with Crippen molar-refractivity contribution in [2.45, 2.75) is 18.8 Å². The first-order valence-corrected chi connectivity index (χ1v) is 12.1. The molecule has 0 saturated heterocycles. The molecule has 34 heavy (non-hydrogen) atoms. The number of benzene rings is 5. The Balaban J connectivity index is 1.53.